The summed E-state index contributed by atoms with van der Waals surface area (Å²) in [5, 5.41) is 9.06. The monoisotopic (exact) mass is 385 g/mol. The van der Waals surface area contributed by atoms with E-state index >= 15 is 0 Å². The highest BCUT2D eigenvalue weighted by Crippen LogP contribution is 2.23. The van der Waals surface area contributed by atoms with Gasteiger partial charge in [0.25, 0.3) is 0 Å². The van der Waals surface area contributed by atoms with E-state index in [1.54, 1.807) is 50.4 Å². The molecule has 1 saturated heterocycles. The Kier molecular flexibility index (Phi) is 7.92. The summed E-state index contributed by atoms with van der Waals surface area (Å²) in [6.45, 7) is 8.25. The molecule has 1 aliphatic rings. The van der Waals surface area contributed by atoms with Gasteiger partial charge in [0.2, 0.25) is 0 Å². The van der Waals surface area contributed by atoms with Gasteiger partial charge < -0.3 is 19.9 Å². The number of anilines is 2. The summed E-state index contributed by atoms with van der Waals surface area (Å²) in [7, 11) is 5.41. The summed E-state index contributed by atoms with van der Waals surface area (Å²) in [6, 6.07) is 8.20. The van der Waals surface area contributed by atoms with E-state index in [-0.39, 0.29) is 12.3 Å². The Morgan fingerprint density at radius 1 is 1.29 bits per heavy atom. The maximum Gasteiger partial charge on any atom is 0.360 e. The van der Waals surface area contributed by atoms with Crippen molar-refractivity contribution in [2.45, 2.75) is 19.8 Å². The third kappa shape index (κ3) is 5.52. The zero-order valence-electron chi connectivity index (χ0n) is 17.3. The number of ether oxygens (including phenoxy) is 1. The molecule has 1 fully saturated rings. The van der Waals surface area contributed by atoms with Crippen LogP contribution in [-0.4, -0.2) is 57.4 Å². The van der Waals surface area contributed by atoms with Crippen LogP contribution in [-0.2, 0) is 9.53 Å². The fourth-order valence-corrected chi connectivity index (χ4v) is 2.92. The van der Waals surface area contributed by atoms with Crippen LogP contribution in [0, 0.1) is 0 Å². The van der Waals surface area contributed by atoms with Crippen LogP contribution in [0.15, 0.2) is 54.0 Å². The summed E-state index contributed by atoms with van der Waals surface area (Å²) >= 11 is 0. The van der Waals surface area contributed by atoms with Crippen LogP contribution in [0.4, 0.5) is 11.4 Å². The molecule has 1 aromatic carbocycles. The summed E-state index contributed by atoms with van der Waals surface area (Å²) in [5.74, 6) is -0.502. The summed E-state index contributed by atoms with van der Waals surface area (Å²) < 4.78 is 5.17. The van der Waals surface area contributed by atoms with Crippen molar-refractivity contribution in [1.82, 2.24) is 10.2 Å². The number of benzene rings is 1. The maximum atomic E-state index is 12.4. The van der Waals surface area contributed by atoms with Gasteiger partial charge in [0.05, 0.1) is 18.0 Å². The Bertz CT molecular complexity index is 721. The highest BCUT2D eigenvalue weighted by atomic mass is 16.5. The predicted molar refractivity (Wildman–Crippen MR) is 115 cm³/mol. The summed E-state index contributed by atoms with van der Waals surface area (Å²) in [5.41, 5.74) is 2.71. The fourth-order valence-electron chi connectivity index (χ4n) is 2.92. The quantitative estimate of drug-likeness (QED) is 0.401. The van der Waals surface area contributed by atoms with E-state index in [2.05, 4.69) is 34.0 Å². The Morgan fingerprint density at radius 2 is 1.93 bits per heavy atom. The molecule has 0 amide bonds. The lowest BCUT2D eigenvalue weighted by molar-refractivity contribution is -0.135. The Hall–Kier alpha value is -2.96. The first kappa shape index (κ1) is 21.3. The van der Waals surface area contributed by atoms with Crippen molar-refractivity contribution in [3.8, 4) is 0 Å². The van der Waals surface area contributed by atoms with E-state index < -0.39 is 5.97 Å². The van der Waals surface area contributed by atoms with Crippen LogP contribution < -0.4 is 15.2 Å². The van der Waals surface area contributed by atoms with Gasteiger partial charge in [-0.05, 0) is 44.0 Å². The molecule has 2 rings (SSSR count). The number of hydrogen-bond donors (Lipinski definition) is 1. The first-order chi connectivity index (χ1) is 13.5. The van der Waals surface area contributed by atoms with Crippen LogP contribution in [0.3, 0.4) is 0 Å². The van der Waals surface area contributed by atoms with Gasteiger partial charge in [-0.15, -0.1) is 0 Å². The molecule has 0 bridgehead atoms. The van der Waals surface area contributed by atoms with Crippen molar-refractivity contribution >= 4 is 23.1 Å². The molecule has 0 unspecified atom stereocenters. The van der Waals surface area contributed by atoms with Gasteiger partial charge in [-0.3, -0.25) is 5.01 Å². The molecule has 7 heteroatoms. The molecule has 0 saturated carbocycles. The highest BCUT2D eigenvalue weighted by molar-refractivity contribution is 6.43. The Balaban J connectivity index is 2.22. The van der Waals surface area contributed by atoms with Gasteiger partial charge in [-0.1, -0.05) is 6.58 Å². The SMILES string of the molecule is C=C(/C(=N/N(C)c1ccc(N2CCCC2)cc1)C(=O)OCC)N(C)/C=C\NC. The van der Waals surface area contributed by atoms with Crippen molar-refractivity contribution in [2.75, 3.05) is 50.7 Å². The second kappa shape index (κ2) is 10.4. The van der Waals surface area contributed by atoms with Crippen LogP contribution in [0.5, 0.6) is 0 Å². The minimum absolute atomic E-state index is 0.163. The second-order valence-corrected chi connectivity index (χ2v) is 6.57. The minimum Gasteiger partial charge on any atom is -0.461 e. The molecule has 0 aliphatic carbocycles. The topological polar surface area (TPSA) is 60.4 Å². The van der Waals surface area contributed by atoms with Crippen molar-refractivity contribution in [3.63, 3.8) is 0 Å². The molecular weight excluding hydrogens is 354 g/mol. The van der Waals surface area contributed by atoms with Crippen molar-refractivity contribution in [2.24, 2.45) is 5.10 Å². The maximum absolute atomic E-state index is 12.4. The number of esters is 1. The van der Waals surface area contributed by atoms with Crippen LogP contribution >= 0.6 is 0 Å². The Labute approximate surface area is 167 Å². The van der Waals surface area contributed by atoms with Gasteiger partial charge >= 0.3 is 5.97 Å². The lowest BCUT2D eigenvalue weighted by Gasteiger charge is -2.22. The summed E-state index contributed by atoms with van der Waals surface area (Å²) in [6.07, 6.45) is 6.00. The van der Waals surface area contributed by atoms with Crippen LogP contribution in [0.25, 0.3) is 0 Å². The minimum atomic E-state index is -0.502. The van der Waals surface area contributed by atoms with Crippen molar-refractivity contribution < 1.29 is 9.53 Å². The molecule has 1 aliphatic heterocycles. The zero-order valence-corrected chi connectivity index (χ0v) is 17.3. The largest absolute Gasteiger partial charge is 0.461 e. The van der Waals surface area contributed by atoms with Gasteiger partial charge in [0.15, 0.2) is 5.71 Å². The van der Waals surface area contributed by atoms with Gasteiger partial charge in [-0.2, -0.15) is 5.10 Å². The Morgan fingerprint density at radius 3 is 2.50 bits per heavy atom. The molecule has 1 heterocycles. The van der Waals surface area contributed by atoms with E-state index in [1.165, 1.54) is 18.5 Å². The smallest absolute Gasteiger partial charge is 0.360 e. The molecule has 0 radical (unpaired) electrons. The molecular formula is C21H31N5O2. The number of hydrogen-bond acceptors (Lipinski definition) is 7. The molecule has 1 N–H and O–H groups in total. The lowest BCUT2D eigenvalue weighted by Crippen LogP contribution is -2.29. The molecule has 0 aromatic heterocycles. The lowest BCUT2D eigenvalue weighted by atomic mass is 10.2. The average Bonchev–Trinajstić information content (AvgIpc) is 3.24. The third-order valence-corrected chi connectivity index (χ3v) is 4.58. The van der Waals surface area contributed by atoms with E-state index in [0.717, 1.165) is 18.8 Å². The number of hydrazone groups is 1. The van der Waals surface area contributed by atoms with Crippen molar-refractivity contribution in [1.29, 1.82) is 0 Å². The fraction of sp³-hybridized carbons (Fsp3) is 0.429. The molecule has 152 valence electrons. The van der Waals surface area contributed by atoms with E-state index in [0.29, 0.717) is 5.70 Å². The van der Waals surface area contributed by atoms with E-state index in [1.807, 2.05) is 12.1 Å². The van der Waals surface area contributed by atoms with Gasteiger partial charge in [0.1, 0.15) is 0 Å². The first-order valence-electron chi connectivity index (χ1n) is 9.58. The third-order valence-electron chi connectivity index (χ3n) is 4.58. The standard InChI is InChI=1S/C21H31N5O2/c1-6-28-21(27)20(17(2)24(4)16-13-22-3)23-25(5)18-9-11-19(12-10-18)26-14-7-8-15-26/h9-13,16,22H,2,6-8,14-15H2,1,3-5H3/b16-13-,23-20-. The number of nitrogens with zero attached hydrogens (tertiary/aromatic N) is 4. The van der Waals surface area contributed by atoms with Crippen molar-refractivity contribution in [3.05, 3.63) is 48.9 Å². The second-order valence-electron chi connectivity index (χ2n) is 6.57. The molecule has 0 spiro atoms. The number of rotatable bonds is 9. The molecule has 0 atom stereocenters. The first-order valence-corrected chi connectivity index (χ1v) is 9.58. The van der Waals surface area contributed by atoms with Gasteiger partial charge in [0, 0.05) is 52.3 Å². The zero-order chi connectivity index (χ0) is 20.5. The molecule has 1 aromatic rings. The molecule has 7 nitrogen and oxygen atoms in total. The van der Waals surface area contributed by atoms with E-state index in [9.17, 15) is 4.79 Å². The van der Waals surface area contributed by atoms with Crippen LogP contribution in [0.1, 0.15) is 19.8 Å². The molecule has 28 heavy (non-hydrogen) atoms. The summed E-state index contributed by atoms with van der Waals surface area (Å²) in [4.78, 5) is 16.5. The predicted octanol–water partition coefficient (Wildman–Crippen LogP) is 2.78. The average molecular weight is 386 g/mol. The number of carbonyl (C=O) groups is 1. The normalized spacial score (nSPS) is 14.3. The number of carbonyl (C=O) groups excluding carboxylic acids is 1. The number of nitrogens with one attached hydrogen (secondary N) is 1. The van der Waals surface area contributed by atoms with Crippen LogP contribution in [0.2, 0.25) is 0 Å². The van der Waals surface area contributed by atoms with E-state index in [4.69, 9.17) is 4.74 Å². The highest BCUT2D eigenvalue weighted by Gasteiger charge is 2.20. The van der Waals surface area contributed by atoms with Gasteiger partial charge in [-0.25, -0.2) is 4.79 Å².